The van der Waals surface area contributed by atoms with Gasteiger partial charge in [-0.2, -0.15) is 0 Å². The highest BCUT2D eigenvalue weighted by atomic mass is 16.6. The van der Waals surface area contributed by atoms with Gasteiger partial charge in [0, 0.05) is 35.8 Å². The van der Waals surface area contributed by atoms with E-state index in [4.69, 9.17) is 9.47 Å². The van der Waals surface area contributed by atoms with Crippen molar-refractivity contribution in [3.05, 3.63) is 54.7 Å². The van der Waals surface area contributed by atoms with Crippen LogP contribution in [0, 0.1) is 0 Å². The number of carbonyl (C=O) groups excluding carboxylic acids is 1. The Bertz CT molecular complexity index is 924. The zero-order valence-corrected chi connectivity index (χ0v) is 16.3. The number of rotatable bonds is 5. The minimum Gasteiger partial charge on any atom is -0.497 e. The van der Waals surface area contributed by atoms with E-state index < -0.39 is 11.7 Å². The van der Waals surface area contributed by atoms with E-state index in [-0.39, 0.29) is 0 Å². The molecule has 2 aromatic carbocycles. The fourth-order valence-electron chi connectivity index (χ4n) is 3.03. The molecule has 1 N–H and O–H groups in total. The first-order chi connectivity index (χ1) is 12.9. The standard InChI is InChI=1S/C22H26N2O3/c1-22(2,3)27-21(25)23-12-13-24-15-19(16-8-6-5-7-9-16)18-14-17(26-4)10-11-20(18)24/h5-11,14-15H,12-13H2,1-4H3,(H,23,25). The molecule has 1 heterocycles. The maximum Gasteiger partial charge on any atom is 0.407 e. The molecule has 0 fully saturated rings. The molecule has 0 atom stereocenters. The first kappa shape index (κ1) is 18.8. The van der Waals surface area contributed by atoms with Crippen LogP contribution in [0.1, 0.15) is 20.8 Å². The number of fused-ring (bicyclic) bond motifs is 1. The number of benzene rings is 2. The van der Waals surface area contributed by atoms with Gasteiger partial charge in [-0.3, -0.25) is 0 Å². The number of carbonyl (C=O) groups is 1. The Kier molecular flexibility index (Phi) is 5.40. The topological polar surface area (TPSA) is 52.5 Å². The maximum atomic E-state index is 11.9. The Morgan fingerprint density at radius 3 is 2.52 bits per heavy atom. The molecular weight excluding hydrogens is 340 g/mol. The summed E-state index contributed by atoms with van der Waals surface area (Å²) in [7, 11) is 1.67. The lowest BCUT2D eigenvalue weighted by Gasteiger charge is -2.19. The van der Waals surface area contributed by atoms with Crippen LogP contribution in [0.15, 0.2) is 54.7 Å². The van der Waals surface area contributed by atoms with E-state index in [0.29, 0.717) is 13.1 Å². The van der Waals surface area contributed by atoms with E-state index >= 15 is 0 Å². The van der Waals surface area contributed by atoms with Crippen LogP contribution < -0.4 is 10.1 Å². The molecule has 0 bridgehead atoms. The molecule has 5 heteroatoms. The second kappa shape index (κ2) is 7.74. The smallest absolute Gasteiger partial charge is 0.407 e. The lowest BCUT2D eigenvalue weighted by molar-refractivity contribution is 0.0526. The third kappa shape index (κ3) is 4.61. The fourth-order valence-corrected chi connectivity index (χ4v) is 3.03. The lowest BCUT2D eigenvalue weighted by Crippen LogP contribution is -2.34. The van der Waals surface area contributed by atoms with Crippen molar-refractivity contribution in [1.29, 1.82) is 0 Å². The van der Waals surface area contributed by atoms with Crippen molar-refractivity contribution in [2.24, 2.45) is 0 Å². The van der Waals surface area contributed by atoms with Crippen LogP contribution in [-0.2, 0) is 11.3 Å². The van der Waals surface area contributed by atoms with E-state index in [9.17, 15) is 4.79 Å². The SMILES string of the molecule is COc1ccc2c(c1)c(-c1ccccc1)cn2CCNC(=O)OC(C)(C)C. The van der Waals surface area contributed by atoms with Gasteiger partial charge in [0.05, 0.1) is 7.11 Å². The van der Waals surface area contributed by atoms with Crippen molar-refractivity contribution in [1.82, 2.24) is 9.88 Å². The zero-order valence-electron chi connectivity index (χ0n) is 16.3. The zero-order chi connectivity index (χ0) is 19.4. The summed E-state index contributed by atoms with van der Waals surface area (Å²) in [6.07, 6.45) is 1.72. The fraction of sp³-hybridized carbons (Fsp3) is 0.318. The highest BCUT2D eigenvalue weighted by molar-refractivity contribution is 5.97. The monoisotopic (exact) mass is 366 g/mol. The van der Waals surface area contributed by atoms with E-state index in [2.05, 4.69) is 34.3 Å². The van der Waals surface area contributed by atoms with Crippen molar-refractivity contribution in [2.45, 2.75) is 32.9 Å². The summed E-state index contributed by atoms with van der Waals surface area (Å²) in [6, 6.07) is 16.3. The quantitative estimate of drug-likeness (QED) is 0.703. The second-order valence-electron chi connectivity index (χ2n) is 7.41. The summed E-state index contributed by atoms with van der Waals surface area (Å²) in [5.41, 5.74) is 2.89. The van der Waals surface area contributed by atoms with Crippen molar-refractivity contribution in [3.8, 4) is 16.9 Å². The summed E-state index contributed by atoms with van der Waals surface area (Å²) in [5.74, 6) is 0.823. The van der Waals surface area contributed by atoms with E-state index in [1.54, 1.807) is 7.11 Å². The Labute approximate surface area is 159 Å². The molecule has 3 aromatic rings. The number of nitrogens with zero attached hydrogens (tertiary/aromatic N) is 1. The number of hydrogen-bond acceptors (Lipinski definition) is 3. The predicted octanol–water partition coefficient (Wildman–Crippen LogP) is 4.84. The van der Waals surface area contributed by atoms with Crippen molar-refractivity contribution in [2.75, 3.05) is 13.7 Å². The average molecular weight is 366 g/mol. The lowest BCUT2D eigenvalue weighted by atomic mass is 10.0. The molecule has 0 spiro atoms. The third-order valence-electron chi connectivity index (χ3n) is 4.19. The summed E-state index contributed by atoms with van der Waals surface area (Å²) < 4.78 is 12.8. The van der Waals surface area contributed by atoms with Gasteiger partial charge in [0.1, 0.15) is 11.4 Å². The summed E-state index contributed by atoms with van der Waals surface area (Å²) >= 11 is 0. The first-order valence-corrected chi connectivity index (χ1v) is 9.06. The highest BCUT2D eigenvalue weighted by Gasteiger charge is 2.16. The molecule has 1 aromatic heterocycles. The average Bonchev–Trinajstić information content (AvgIpc) is 2.99. The number of amides is 1. The molecule has 0 unspecified atom stereocenters. The molecule has 0 saturated heterocycles. The number of nitrogens with one attached hydrogen (secondary N) is 1. The molecule has 3 rings (SSSR count). The number of ether oxygens (including phenoxy) is 2. The van der Waals surface area contributed by atoms with Crippen LogP contribution >= 0.6 is 0 Å². The molecule has 27 heavy (non-hydrogen) atoms. The van der Waals surface area contributed by atoms with Crippen LogP contribution in [0.2, 0.25) is 0 Å². The highest BCUT2D eigenvalue weighted by Crippen LogP contribution is 2.33. The van der Waals surface area contributed by atoms with Crippen molar-refractivity contribution < 1.29 is 14.3 Å². The Balaban J connectivity index is 1.84. The van der Waals surface area contributed by atoms with Gasteiger partial charge in [-0.15, -0.1) is 0 Å². The van der Waals surface area contributed by atoms with Gasteiger partial charge >= 0.3 is 6.09 Å². The van der Waals surface area contributed by atoms with Gasteiger partial charge in [0.15, 0.2) is 0 Å². The molecule has 0 saturated carbocycles. The maximum absolute atomic E-state index is 11.9. The van der Waals surface area contributed by atoms with Crippen LogP contribution in [0.5, 0.6) is 5.75 Å². The Morgan fingerprint density at radius 2 is 1.85 bits per heavy atom. The van der Waals surface area contributed by atoms with Crippen molar-refractivity contribution >= 4 is 17.0 Å². The number of hydrogen-bond donors (Lipinski definition) is 1. The van der Waals surface area contributed by atoms with Crippen molar-refractivity contribution in [3.63, 3.8) is 0 Å². The molecule has 1 amide bonds. The molecule has 142 valence electrons. The van der Waals surface area contributed by atoms with Gasteiger partial charge in [-0.05, 0) is 44.5 Å². The largest absolute Gasteiger partial charge is 0.497 e. The number of aromatic nitrogens is 1. The second-order valence-corrected chi connectivity index (χ2v) is 7.41. The molecular formula is C22H26N2O3. The summed E-state index contributed by atoms with van der Waals surface area (Å²) in [5, 5.41) is 3.94. The molecule has 5 nitrogen and oxygen atoms in total. The van der Waals surface area contributed by atoms with Crippen LogP contribution in [0.25, 0.3) is 22.0 Å². The van der Waals surface area contributed by atoms with Gasteiger partial charge in [0.2, 0.25) is 0 Å². The molecule has 0 radical (unpaired) electrons. The number of alkyl carbamates (subject to hydrolysis) is 1. The molecule has 0 aliphatic rings. The van der Waals surface area contributed by atoms with E-state index in [1.807, 2.05) is 51.1 Å². The van der Waals surface area contributed by atoms with Crippen LogP contribution in [0.3, 0.4) is 0 Å². The van der Waals surface area contributed by atoms with Gasteiger partial charge < -0.3 is 19.4 Å². The Morgan fingerprint density at radius 1 is 1.11 bits per heavy atom. The van der Waals surface area contributed by atoms with Gasteiger partial charge in [-0.1, -0.05) is 30.3 Å². The van der Waals surface area contributed by atoms with Crippen LogP contribution in [-0.4, -0.2) is 29.9 Å². The van der Waals surface area contributed by atoms with Crippen LogP contribution in [0.4, 0.5) is 4.79 Å². The number of methoxy groups -OCH3 is 1. The Hall–Kier alpha value is -2.95. The summed E-state index contributed by atoms with van der Waals surface area (Å²) in [4.78, 5) is 11.9. The minimum atomic E-state index is -0.499. The molecule has 0 aliphatic carbocycles. The predicted molar refractivity (Wildman–Crippen MR) is 108 cm³/mol. The summed E-state index contributed by atoms with van der Waals surface area (Å²) in [6.45, 7) is 6.69. The normalized spacial score (nSPS) is 11.4. The van der Waals surface area contributed by atoms with E-state index in [1.165, 1.54) is 0 Å². The minimum absolute atomic E-state index is 0.399. The van der Waals surface area contributed by atoms with Gasteiger partial charge in [0.25, 0.3) is 0 Å². The molecule has 0 aliphatic heterocycles. The first-order valence-electron chi connectivity index (χ1n) is 9.06. The van der Waals surface area contributed by atoms with E-state index in [0.717, 1.165) is 27.8 Å². The third-order valence-corrected chi connectivity index (χ3v) is 4.19. The van der Waals surface area contributed by atoms with Gasteiger partial charge in [-0.25, -0.2) is 4.79 Å².